The van der Waals surface area contributed by atoms with Crippen molar-refractivity contribution in [2.24, 2.45) is 17.3 Å². The number of fused-ring (bicyclic) bond motifs is 1. The molecule has 3 saturated carbocycles. The molecule has 0 spiro atoms. The van der Waals surface area contributed by atoms with E-state index < -0.39 is 17.6 Å². The Morgan fingerprint density at radius 3 is 2.65 bits per heavy atom. The lowest BCUT2D eigenvalue weighted by Gasteiger charge is -2.17. The highest BCUT2D eigenvalue weighted by Gasteiger charge is 2.46. The highest BCUT2D eigenvalue weighted by Crippen LogP contribution is 2.57. The average molecular weight is 513 g/mol. The number of halogens is 4. The van der Waals surface area contributed by atoms with Crippen LogP contribution in [0.3, 0.4) is 0 Å². The van der Waals surface area contributed by atoms with Crippen molar-refractivity contribution in [2.45, 2.75) is 58.7 Å². The SMILES string of the molecule is C=C(/C=C1/CC2CC2/C1=C/C)OCc1cc(-c2ccc(OCCC3(C)CC3)cc2C(F)(F)F)ccc1F. The number of ether oxygens (including phenoxy) is 2. The molecule has 37 heavy (non-hydrogen) atoms. The molecule has 3 fully saturated rings. The molecule has 3 aliphatic carbocycles. The predicted molar refractivity (Wildman–Crippen MR) is 136 cm³/mol. The van der Waals surface area contributed by atoms with Crippen molar-refractivity contribution < 1.29 is 27.0 Å². The fourth-order valence-electron chi connectivity index (χ4n) is 5.27. The minimum atomic E-state index is -4.59. The highest BCUT2D eigenvalue weighted by molar-refractivity contribution is 5.70. The summed E-state index contributed by atoms with van der Waals surface area (Å²) in [4.78, 5) is 0. The molecule has 5 rings (SSSR count). The quantitative estimate of drug-likeness (QED) is 0.247. The van der Waals surface area contributed by atoms with E-state index in [0.29, 0.717) is 24.2 Å². The third-order valence-electron chi connectivity index (χ3n) is 7.97. The summed E-state index contributed by atoms with van der Waals surface area (Å²) < 4.78 is 67.9. The number of allylic oxidation sites excluding steroid dienone is 4. The second kappa shape index (κ2) is 9.70. The molecule has 2 aromatic carbocycles. The molecule has 0 saturated heterocycles. The fraction of sp³-hybridized carbons (Fsp3) is 0.419. The van der Waals surface area contributed by atoms with Gasteiger partial charge in [-0.1, -0.05) is 31.7 Å². The Hall–Kier alpha value is -3.02. The molecule has 0 N–H and O–H groups in total. The molecule has 0 bridgehead atoms. The molecule has 196 valence electrons. The third kappa shape index (κ3) is 5.78. The molecule has 0 aromatic heterocycles. The molecule has 0 radical (unpaired) electrons. The van der Waals surface area contributed by atoms with Gasteiger partial charge in [-0.3, -0.25) is 0 Å². The van der Waals surface area contributed by atoms with E-state index in [2.05, 4.69) is 19.6 Å². The van der Waals surface area contributed by atoms with E-state index in [9.17, 15) is 17.6 Å². The van der Waals surface area contributed by atoms with Gasteiger partial charge in [-0.15, -0.1) is 0 Å². The molecule has 0 amide bonds. The number of hydrogen-bond acceptors (Lipinski definition) is 2. The second-order valence-corrected chi connectivity index (χ2v) is 10.9. The highest BCUT2D eigenvalue weighted by atomic mass is 19.4. The van der Waals surface area contributed by atoms with E-state index in [1.54, 1.807) is 6.07 Å². The first-order chi connectivity index (χ1) is 17.6. The van der Waals surface area contributed by atoms with Crippen LogP contribution in [0.5, 0.6) is 5.75 Å². The monoisotopic (exact) mass is 512 g/mol. The Balaban J connectivity index is 1.31. The summed E-state index contributed by atoms with van der Waals surface area (Å²) in [6.45, 7) is 8.37. The molecule has 2 unspecified atom stereocenters. The predicted octanol–water partition coefficient (Wildman–Crippen LogP) is 9.02. The maximum absolute atomic E-state index is 14.6. The van der Waals surface area contributed by atoms with Gasteiger partial charge in [-0.05, 0) is 109 Å². The number of rotatable bonds is 9. The first-order valence-electron chi connectivity index (χ1n) is 12.9. The van der Waals surface area contributed by atoms with Crippen molar-refractivity contribution in [3.05, 3.63) is 89.0 Å². The van der Waals surface area contributed by atoms with Gasteiger partial charge in [0.05, 0.1) is 12.2 Å². The summed E-state index contributed by atoms with van der Waals surface area (Å²) in [6.07, 6.45) is 4.73. The van der Waals surface area contributed by atoms with Crippen LogP contribution in [-0.4, -0.2) is 6.61 Å². The van der Waals surface area contributed by atoms with Crippen molar-refractivity contribution in [3.8, 4) is 16.9 Å². The lowest BCUT2D eigenvalue weighted by molar-refractivity contribution is -0.137. The van der Waals surface area contributed by atoms with Gasteiger partial charge in [0.1, 0.15) is 23.9 Å². The zero-order chi connectivity index (χ0) is 26.4. The maximum atomic E-state index is 14.6. The number of alkyl halides is 3. The zero-order valence-corrected chi connectivity index (χ0v) is 21.3. The lowest BCUT2D eigenvalue weighted by Crippen LogP contribution is -2.09. The van der Waals surface area contributed by atoms with Gasteiger partial charge in [0.25, 0.3) is 0 Å². The van der Waals surface area contributed by atoms with Crippen molar-refractivity contribution in [1.82, 2.24) is 0 Å². The molecule has 0 aliphatic heterocycles. The summed E-state index contributed by atoms with van der Waals surface area (Å²) in [5.74, 6) is 1.40. The first kappa shape index (κ1) is 25.6. The van der Waals surface area contributed by atoms with Crippen LogP contribution in [0.2, 0.25) is 0 Å². The van der Waals surface area contributed by atoms with E-state index in [1.807, 2.05) is 13.0 Å². The standard InChI is InChI=1S/C31H32F4O2/c1-4-25-21(15-22-16-27(22)25)13-19(2)37-18-23-14-20(5-8-29(23)32)26-7-6-24(17-28(26)31(33,34)35)36-12-11-30(3)9-10-30/h4-8,13-14,17,22,27H,2,9-12,15-16,18H2,1,3H3/b21-13-,25-4+. The van der Waals surface area contributed by atoms with E-state index in [0.717, 1.165) is 31.7 Å². The fourth-order valence-corrected chi connectivity index (χ4v) is 5.27. The largest absolute Gasteiger partial charge is 0.494 e. The van der Waals surface area contributed by atoms with Gasteiger partial charge >= 0.3 is 6.18 Å². The molecule has 6 heteroatoms. The van der Waals surface area contributed by atoms with Gasteiger partial charge in [0, 0.05) is 5.56 Å². The zero-order valence-electron chi connectivity index (χ0n) is 21.3. The number of hydrogen-bond donors (Lipinski definition) is 0. The Morgan fingerprint density at radius 2 is 1.95 bits per heavy atom. The molecular weight excluding hydrogens is 480 g/mol. The Labute approximate surface area is 215 Å². The Kier molecular flexibility index (Phi) is 6.71. The minimum absolute atomic E-state index is 0.0286. The van der Waals surface area contributed by atoms with Gasteiger partial charge < -0.3 is 9.47 Å². The van der Waals surface area contributed by atoms with Gasteiger partial charge in [-0.25, -0.2) is 4.39 Å². The Morgan fingerprint density at radius 1 is 1.16 bits per heavy atom. The van der Waals surface area contributed by atoms with Crippen molar-refractivity contribution in [3.63, 3.8) is 0 Å². The minimum Gasteiger partial charge on any atom is -0.494 e. The summed E-state index contributed by atoms with van der Waals surface area (Å²) >= 11 is 0. The van der Waals surface area contributed by atoms with E-state index in [-0.39, 0.29) is 34.5 Å². The molecular formula is C31H32F4O2. The normalized spacial score (nSPS) is 23.7. The van der Waals surface area contributed by atoms with Crippen molar-refractivity contribution in [1.29, 1.82) is 0 Å². The van der Waals surface area contributed by atoms with Crippen LogP contribution in [0, 0.1) is 23.1 Å². The van der Waals surface area contributed by atoms with Crippen molar-refractivity contribution >= 4 is 0 Å². The van der Waals surface area contributed by atoms with Gasteiger partial charge in [0.15, 0.2) is 0 Å². The van der Waals surface area contributed by atoms with E-state index in [1.165, 1.54) is 41.8 Å². The third-order valence-corrected chi connectivity index (χ3v) is 7.97. The summed E-state index contributed by atoms with van der Waals surface area (Å²) in [5, 5.41) is 0. The average Bonchev–Trinajstić information content (AvgIpc) is 3.75. The van der Waals surface area contributed by atoms with Crippen molar-refractivity contribution in [2.75, 3.05) is 6.61 Å². The first-order valence-corrected chi connectivity index (χ1v) is 12.9. The van der Waals surface area contributed by atoms with Crippen LogP contribution >= 0.6 is 0 Å². The van der Waals surface area contributed by atoms with E-state index in [4.69, 9.17) is 9.47 Å². The van der Waals surface area contributed by atoms with E-state index >= 15 is 0 Å². The van der Waals surface area contributed by atoms with Crippen LogP contribution in [0.15, 0.2) is 72.0 Å². The topological polar surface area (TPSA) is 18.5 Å². The van der Waals surface area contributed by atoms with Gasteiger partial charge in [0.2, 0.25) is 0 Å². The summed E-state index contributed by atoms with van der Waals surface area (Å²) in [6, 6.07) is 7.91. The number of benzene rings is 2. The van der Waals surface area contributed by atoms with Crippen LogP contribution in [-0.2, 0) is 17.5 Å². The van der Waals surface area contributed by atoms with Crippen LogP contribution in [0.25, 0.3) is 11.1 Å². The summed E-state index contributed by atoms with van der Waals surface area (Å²) in [7, 11) is 0. The lowest BCUT2D eigenvalue weighted by atomic mass is 9.97. The maximum Gasteiger partial charge on any atom is 0.417 e. The van der Waals surface area contributed by atoms with Crippen LogP contribution < -0.4 is 4.74 Å². The smallest absolute Gasteiger partial charge is 0.417 e. The molecule has 2 nitrogen and oxygen atoms in total. The summed E-state index contributed by atoms with van der Waals surface area (Å²) in [5.41, 5.74) is 2.38. The molecule has 2 aromatic rings. The molecule has 0 heterocycles. The molecule has 3 aliphatic rings. The van der Waals surface area contributed by atoms with Crippen LogP contribution in [0.4, 0.5) is 17.6 Å². The Bertz CT molecular complexity index is 1270. The second-order valence-electron chi connectivity index (χ2n) is 10.9. The van der Waals surface area contributed by atoms with Crippen LogP contribution in [0.1, 0.15) is 57.1 Å². The van der Waals surface area contributed by atoms with Gasteiger partial charge in [-0.2, -0.15) is 13.2 Å². The molecule has 2 atom stereocenters.